The number of hydrogen-bond donors (Lipinski definition) is 1. The fraction of sp³-hybridized carbons (Fsp3) is 0.500. The number of likely N-dealkylation sites (tertiary alicyclic amines) is 1. The molecular weight excluding hydrogens is 325 g/mol. The smallest absolute Gasteiger partial charge is 0.230 e. The highest BCUT2D eigenvalue weighted by molar-refractivity contribution is 5.85. The fourth-order valence-corrected chi connectivity index (χ4v) is 2.59. The van der Waals surface area contributed by atoms with Gasteiger partial charge in [0.05, 0.1) is 0 Å². The molecule has 0 amide bonds. The predicted molar refractivity (Wildman–Crippen MR) is 89.5 cm³/mol. The van der Waals surface area contributed by atoms with Crippen LogP contribution in [0.2, 0.25) is 0 Å². The molecule has 1 aliphatic rings. The molecule has 1 fully saturated rings. The summed E-state index contributed by atoms with van der Waals surface area (Å²) in [6.07, 6.45) is 3.82. The van der Waals surface area contributed by atoms with Gasteiger partial charge in [0.15, 0.2) is 0 Å². The number of halogens is 2. The molecule has 6 nitrogen and oxygen atoms in total. The van der Waals surface area contributed by atoms with E-state index in [4.69, 9.17) is 10.3 Å². The van der Waals surface area contributed by atoms with Crippen molar-refractivity contribution < 1.29 is 4.52 Å². The first kappa shape index (κ1) is 18.8. The van der Waals surface area contributed by atoms with E-state index in [1.807, 2.05) is 18.2 Å². The van der Waals surface area contributed by atoms with Gasteiger partial charge in [-0.3, -0.25) is 4.98 Å². The van der Waals surface area contributed by atoms with Crippen molar-refractivity contribution in [2.24, 2.45) is 5.73 Å². The third-order valence-electron chi connectivity index (χ3n) is 3.72. The van der Waals surface area contributed by atoms with Crippen LogP contribution in [0.15, 0.2) is 28.9 Å². The largest absolute Gasteiger partial charge is 0.339 e. The highest BCUT2D eigenvalue weighted by Crippen LogP contribution is 2.27. The second kappa shape index (κ2) is 9.05. The van der Waals surface area contributed by atoms with Gasteiger partial charge in [0.1, 0.15) is 5.69 Å². The zero-order chi connectivity index (χ0) is 13.8. The second-order valence-electron chi connectivity index (χ2n) is 5.08. The summed E-state index contributed by atoms with van der Waals surface area (Å²) >= 11 is 0. The van der Waals surface area contributed by atoms with E-state index >= 15 is 0 Å². The Labute approximate surface area is 142 Å². The van der Waals surface area contributed by atoms with Crippen molar-refractivity contribution in [3.05, 3.63) is 30.3 Å². The average molecular weight is 346 g/mol. The first-order valence-corrected chi connectivity index (χ1v) is 7.04. The number of aromatic nitrogens is 3. The summed E-state index contributed by atoms with van der Waals surface area (Å²) in [7, 11) is 0. The maximum absolute atomic E-state index is 5.58. The SMILES string of the molecule is Cl.Cl.NCCN1CCC(c2nc(-c3ccccn3)no2)CC1. The quantitative estimate of drug-likeness (QED) is 0.913. The number of hydrogen-bond acceptors (Lipinski definition) is 6. The Kier molecular flexibility index (Phi) is 7.75. The lowest BCUT2D eigenvalue weighted by Crippen LogP contribution is -2.36. The topological polar surface area (TPSA) is 81.1 Å². The van der Waals surface area contributed by atoms with Crippen molar-refractivity contribution in [3.63, 3.8) is 0 Å². The van der Waals surface area contributed by atoms with E-state index in [0.717, 1.165) is 50.6 Å². The van der Waals surface area contributed by atoms with Gasteiger partial charge in [-0.05, 0) is 38.1 Å². The van der Waals surface area contributed by atoms with Crippen molar-refractivity contribution in [1.29, 1.82) is 0 Å². The lowest BCUT2D eigenvalue weighted by Gasteiger charge is -2.29. The Morgan fingerprint density at radius 1 is 1.23 bits per heavy atom. The summed E-state index contributed by atoms with van der Waals surface area (Å²) in [6, 6.07) is 5.68. The molecule has 0 spiro atoms. The molecule has 0 unspecified atom stereocenters. The van der Waals surface area contributed by atoms with E-state index < -0.39 is 0 Å². The van der Waals surface area contributed by atoms with E-state index in [9.17, 15) is 0 Å². The first-order chi connectivity index (χ1) is 9.86. The van der Waals surface area contributed by atoms with Gasteiger partial charge in [-0.25, -0.2) is 0 Å². The number of nitrogens with zero attached hydrogens (tertiary/aromatic N) is 4. The molecule has 0 aliphatic carbocycles. The van der Waals surface area contributed by atoms with Gasteiger partial charge in [-0.15, -0.1) is 24.8 Å². The summed E-state index contributed by atoms with van der Waals surface area (Å²) in [5.41, 5.74) is 6.34. The van der Waals surface area contributed by atoms with Gasteiger partial charge < -0.3 is 15.2 Å². The van der Waals surface area contributed by atoms with Crippen LogP contribution in [0.1, 0.15) is 24.7 Å². The minimum atomic E-state index is 0. The molecule has 0 saturated carbocycles. The maximum Gasteiger partial charge on any atom is 0.230 e. The molecule has 0 aromatic carbocycles. The molecule has 3 rings (SSSR count). The fourth-order valence-electron chi connectivity index (χ4n) is 2.59. The van der Waals surface area contributed by atoms with E-state index in [1.165, 1.54) is 0 Å². The van der Waals surface area contributed by atoms with Crippen LogP contribution in [0.25, 0.3) is 11.5 Å². The zero-order valence-electron chi connectivity index (χ0n) is 12.2. The predicted octanol–water partition coefficient (Wildman–Crippen LogP) is 2.11. The highest BCUT2D eigenvalue weighted by atomic mass is 35.5. The van der Waals surface area contributed by atoms with Crippen molar-refractivity contribution >= 4 is 24.8 Å². The number of nitrogens with two attached hydrogens (primary N) is 1. The molecule has 122 valence electrons. The van der Waals surface area contributed by atoms with Crippen molar-refractivity contribution in [2.45, 2.75) is 18.8 Å². The molecule has 22 heavy (non-hydrogen) atoms. The third-order valence-corrected chi connectivity index (χ3v) is 3.72. The Morgan fingerprint density at radius 2 is 2.00 bits per heavy atom. The zero-order valence-corrected chi connectivity index (χ0v) is 13.9. The van der Waals surface area contributed by atoms with Crippen LogP contribution < -0.4 is 5.73 Å². The van der Waals surface area contributed by atoms with Gasteiger partial charge in [0.2, 0.25) is 11.7 Å². The van der Waals surface area contributed by atoms with Gasteiger partial charge >= 0.3 is 0 Å². The van der Waals surface area contributed by atoms with Crippen LogP contribution in [0.5, 0.6) is 0 Å². The molecule has 0 atom stereocenters. The Bertz CT molecular complexity index is 543. The maximum atomic E-state index is 5.58. The number of pyridine rings is 1. The second-order valence-corrected chi connectivity index (χ2v) is 5.08. The van der Waals surface area contributed by atoms with Gasteiger partial charge in [0, 0.05) is 25.2 Å². The summed E-state index contributed by atoms with van der Waals surface area (Å²) in [6.45, 7) is 3.77. The van der Waals surface area contributed by atoms with Gasteiger partial charge in [-0.2, -0.15) is 4.98 Å². The molecule has 3 heterocycles. The molecule has 1 aliphatic heterocycles. The van der Waals surface area contributed by atoms with Gasteiger partial charge in [-0.1, -0.05) is 11.2 Å². The number of rotatable bonds is 4. The molecule has 2 aromatic heterocycles. The van der Waals surface area contributed by atoms with E-state index in [2.05, 4.69) is 20.0 Å². The van der Waals surface area contributed by atoms with E-state index in [1.54, 1.807) is 6.20 Å². The normalized spacial score (nSPS) is 15.9. The van der Waals surface area contributed by atoms with Crippen LogP contribution in [0.3, 0.4) is 0 Å². The molecule has 2 aromatic rings. The molecule has 1 saturated heterocycles. The lowest BCUT2D eigenvalue weighted by molar-refractivity contribution is 0.198. The van der Waals surface area contributed by atoms with E-state index in [-0.39, 0.29) is 24.8 Å². The van der Waals surface area contributed by atoms with Crippen molar-refractivity contribution in [3.8, 4) is 11.5 Å². The van der Waals surface area contributed by atoms with Gasteiger partial charge in [0.25, 0.3) is 0 Å². The lowest BCUT2D eigenvalue weighted by atomic mass is 9.97. The minimum absolute atomic E-state index is 0. The summed E-state index contributed by atoms with van der Waals surface area (Å²) in [5.74, 6) is 1.66. The molecule has 0 radical (unpaired) electrons. The molecule has 2 N–H and O–H groups in total. The standard InChI is InChI=1S/C14H19N5O.2ClH/c15-6-10-19-8-4-11(5-9-19)14-17-13(18-20-14)12-3-1-2-7-16-12;;/h1-3,7,11H,4-6,8-10,15H2;2*1H. The van der Waals surface area contributed by atoms with Crippen LogP contribution in [0, 0.1) is 0 Å². The summed E-state index contributed by atoms with van der Waals surface area (Å²) in [5, 5.41) is 4.03. The van der Waals surface area contributed by atoms with Crippen LogP contribution >= 0.6 is 24.8 Å². The Hall–Kier alpha value is -1.21. The van der Waals surface area contributed by atoms with E-state index in [0.29, 0.717) is 11.7 Å². The minimum Gasteiger partial charge on any atom is -0.339 e. The Balaban J connectivity index is 0.00000121. The van der Waals surface area contributed by atoms with Crippen LogP contribution in [-0.4, -0.2) is 46.2 Å². The third kappa shape index (κ3) is 4.39. The van der Waals surface area contributed by atoms with Crippen LogP contribution in [-0.2, 0) is 0 Å². The van der Waals surface area contributed by atoms with Crippen molar-refractivity contribution in [2.75, 3.05) is 26.2 Å². The molecule has 8 heteroatoms. The highest BCUT2D eigenvalue weighted by Gasteiger charge is 2.25. The molecule has 0 bridgehead atoms. The molecular formula is C14H21Cl2N5O. The summed E-state index contributed by atoms with van der Waals surface area (Å²) in [4.78, 5) is 11.1. The summed E-state index contributed by atoms with van der Waals surface area (Å²) < 4.78 is 5.41. The number of piperidine rings is 1. The Morgan fingerprint density at radius 3 is 2.64 bits per heavy atom. The monoisotopic (exact) mass is 345 g/mol. The van der Waals surface area contributed by atoms with Crippen molar-refractivity contribution in [1.82, 2.24) is 20.0 Å². The average Bonchev–Trinajstić information content (AvgIpc) is 2.99. The van der Waals surface area contributed by atoms with Crippen LogP contribution in [0.4, 0.5) is 0 Å². The first-order valence-electron chi connectivity index (χ1n) is 7.04.